The van der Waals surface area contributed by atoms with E-state index in [9.17, 15) is 9.59 Å². The highest BCUT2D eigenvalue weighted by atomic mass is 16.2. The van der Waals surface area contributed by atoms with Crippen molar-refractivity contribution in [2.24, 2.45) is 0 Å². The monoisotopic (exact) mass is 303 g/mol. The number of nitrogens with one attached hydrogen (secondary N) is 1. The predicted molar refractivity (Wildman–Crippen MR) is 86.5 cm³/mol. The van der Waals surface area contributed by atoms with Gasteiger partial charge in [0, 0.05) is 32.7 Å². The lowest BCUT2D eigenvalue weighted by atomic mass is 10.1. The molecule has 1 aliphatic rings. The molecule has 1 saturated heterocycles. The molecule has 0 bridgehead atoms. The Labute approximate surface area is 132 Å². The molecule has 1 aromatic carbocycles. The molecule has 1 aromatic rings. The number of likely N-dealkylation sites (N-methyl/N-ethyl adjacent to an activating group) is 1. The molecule has 2 rings (SSSR count). The Morgan fingerprint density at radius 2 is 1.77 bits per heavy atom. The van der Waals surface area contributed by atoms with Gasteiger partial charge in [-0.2, -0.15) is 0 Å². The summed E-state index contributed by atoms with van der Waals surface area (Å²) in [6, 6.07) is 10.0. The van der Waals surface area contributed by atoms with Crippen molar-refractivity contribution < 1.29 is 9.59 Å². The van der Waals surface area contributed by atoms with Crippen LogP contribution in [0, 0.1) is 0 Å². The third-order valence-corrected chi connectivity index (χ3v) is 4.06. The first-order chi connectivity index (χ1) is 10.7. The average Bonchev–Trinajstić information content (AvgIpc) is 2.56. The SMILES string of the molecule is CCN1CCN(C(=O)CC(=O)NCCc2ccccc2)CC1. The average molecular weight is 303 g/mol. The van der Waals surface area contributed by atoms with E-state index in [0.717, 1.165) is 39.1 Å². The van der Waals surface area contributed by atoms with Gasteiger partial charge < -0.3 is 15.1 Å². The van der Waals surface area contributed by atoms with Gasteiger partial charge >= 0.3 is 0 Å². The van der Waals surface area contributed by atoms with Crippen molar-refractivity contribution >= 4 is 11.8 Å². The van der Waals surface area contributed by atoms with Gasteiger partial charge in [0.15, 0.2) is 0 Å². The van der Waals surface area contributed by atoms with E-state index in [4.69, 9.17) is 0 Å². The van der Waals surface area contributed by atoms with Crippen molar-refractivity contribution in [3.05, 3.63) is 35.9 Å². The number of carbonyl (C=O) groups is 2. The molecule has 0 unspecified atom stereocenters. The predicted octanol–water partition coefficient (Wildman–Crippen LogP) is 0.900. The van der Waals surface area contributed by atoms with Crippen molar-refractivity contribution in [2.75, 3.05) is 39.3 Å². The molecule has 1 fully saturated rings. The lowest BCUT2D eigenvalue weighted by molar-refractivity contribution is -0.137. The number of carbonyl (C=O) groups excluding carboxylic acids is 2. The van der Waals surface area contributed by atoms with Gasteiger partial charge in [0.2, 0.25) is 11.8 Å². The van der Waals surface area contributed by atoms with Gasteiger partial charge in [0.25, 0.3) is 0 Å². The second kappa shape index (κ2) is 8.54. The first kappa shape index (κ1) is 16.5. The van der Waals surface area contributed by atoms with E-state index in [1.54, 1.807) is 4.90 Å². The van der Waals surface area contributed by atoms with Crippen LogP contribution in [-0.4, -0.2) is 60.9 Å². The Hall–Kier alpha value is -1.88. The van der Waals surface area contributed by atoms with Crippen LogP contribution >= 0.6 is 0 Å². The molecule has 5 nitrogen and oxygen atoms in total. The largest absolute Gasteiger partial charge is 0.355 e. The molecular weight excluding hydrogens is 278 g/mol. The molecule has 0 saturated carbocycles. The fourth-order valence-corrected chi connectivity index (χ4v) is 2.62. The minimum atomic E-state index is -0.182. The summed E-state index contributed by atoms with van der Waals surface area (Å²) in [6.07, 6.45) is 0.747. The molecule has 0 aromatic heterocycles. The summed E-state index contributed by atoms with van der Waals surface area (Å²) in [5, 5.41) is 2.82. The van der Waals surface area contributed by atoms with Crippen molar-refractivity contribution in [3.8, 4) is 0 Å². The lowest BCUT2D eigenvalue weighted by Crippen LogP contribution is -2.49. The summed E-state index contributed by atoms with van der Waals surface area (Å²) < 4.78 is 0. The summed E-state index contributed by atoms with van der Waals surface area (Å²) >= 11 is 0. The Kier molecular flexibility index (Phi) is 6.40. The Balaban J connectivity index is 1.65. The van der Waals surface area contributed by atoms with Gasteiger partial charge in [0.1, 0.15) is 6.42 Å². The molecular formula is C17H25N3O2. The van der Waals surface area contributed by atoms with E-state index >= 15 is 0 Å². The number of hydrogen-bond acceptors (Lipinski definition) is 3. The summed E-state index contributed by atoms with van der Waals surface area (Å²) in [4.78, 5) is 28.0. The fraction of sp³-hybridized carbons (Fsp3) is 0.529. The van der Waals surface area contributed by atoms with E-state index in [1.165, 1.54) is 5.56 Å². The topological polar surface area (TPSA) is 52.7 Å². The van der Waals surface area contributed by atoms with E-state index in [1.807, 2.05) is 30.3 Å². The number of benzene rings is 1. The van der Waals surface area contributed by atoms with Gasteiger partial charge in [-0.05, 0) is 18.5 Å². The Morgan fingerprint density at radius 3 is 2.41 bits per heavy atom. The molecule has 0 aliphatic carbocycles. The number of rotatable bonds is 6. The maximum Gasteiger partial charge on any atom is 0.232 e. The second-order valence-corrected chi connectivity index (χ2v) is 5.58. The summed E-state index contributed by atoms with van der Waals surface area (Å²) in [5.41, 5.74) is 1.19. The summed E-state index contributed by atoms with van der Waals surface area (Å²) in [5.74, 6) is -0.244. The van der Waals surface area contributed by atoms with Crippen molar-refractivity contribution in [2.45, 2.75) is 19.8 Å². The zero-order chi connectivity index (χ0) is 15.8. The molecule has 1 aliphatic heterocycles. The Morgan fingerprint density at radius 1 is 1.09 bits per heavy atom. The highest BCUT2D eigenvalue weighted by Crippen LogP contribution is 2.03. The number of piperazine rings is 1. The maximum absolute atomic E-state index is 12.1. The summed E-state index contributed by atoms with van der Waals surface area (Å²) in [6.45, 7) is 6.96. The third kappa shape index (κ3) is 5.15. The van der Waals surface area contributed by atoms with Crippen LogP contribution in [0.2, 0.25) is 0 Å². The van der Waals surface area contributed by atoms with Crippen LogP contribution in [0.25, 0.3) is 0 Å². The molecule has 0 radical (unpaired) electrons. The van der Waals surface area contributed by atoms with Gasteiger partial charge in [-0.15, -0.1) is 0 Å². The number of nitrogens with zero attached hydrogens (tertiary/aromatic N) is 2. The van der Waals surface area contributed by atoms with Crippen molar-refractivity contribution in [1.29, 1.82) is 0 Å². The quantitative estimate of drug-likeness (QED) is 0.795. The Bertz CT molecular complexity index is 482. The van der Waals surface area contributed by atoms with Crippen LogP contribution in [0.4, 0.5) is 0 Å². The molecule has 120 valence electrons. The van der Waals surface area contributed by atoms with E-state index in [2.05, 4.69) is 17.1 Å². The fourth-order valence-electron chi connectivity index (χ4n) is 2.62. The van der Waals surface area contributed by atoms with Crippen LogP contribution in [-0.2, 0) is 16.0 Å². The smallest absolute Gasteiger partial charge is 0.232 e. The normalized spacial score (nSPS) is 15.6. The van der Waals surface area contributed by atoms with Gasteiger partial charge in [-0.25, -0.2) is 0 Å². The van der Waals surface area contributed by atoms with E-state index in [0.29, 0.717) is 6.54 Å². The minimum Gasteiger partial charge on any atom is -0.355 e. The van der Waals surface area contributed by atoms with E-state index in [-0.39, 0.29) is 18.2 Å². The minimum absolute atomic E-state index is 0.0408. The molecule has 2 amide bonds. The van der Waals surface area contributed by atoms with Crippen LogP contribution in [0.3, 0.4) is 0 Å². The molecule has 22 heavy (non-hydrogen) atoms. The molecule has 0 spiro atoms. The highest BCUT2D eigenvalue weighted by Gasteiger charge is 2.21. The molecule has 1 heterocycles. The van der Waals surface area contributed by atoms with Gasteiger partial charge in [0.05, 0.1) is 0 Å². The van der Waals surface area contributed by atoms with Crippen LogP contribution in [0.15, 0.2) is 30.3 Å². The lowest BCUT2D eigenvalue weighted by Gasteiger charge is -2.33. The molecule has 5 heteroatoms. The third-order valence-electron chi connectivity index (χ3n) is 4.06. The standard InChI is InChI=1S/C17H25N3O2/c1-2-19-10-12-20(13-11-19)17(22)14-16(21)18-9-8-15-6-4-3-5-7-15/h3-7H,2,8-14H2,1H3,(H,18,21). The van der Waals surface area contributed by atoms with Crippen molar-refractivity contribution in [1.82, 2.24) is 15.1 Å². The molecule has 1 N–H and O–H groups in total. The van der Waals surface area contributed by atoms with Gasteiger partial charge in [-0.3, -0.25) is 9.59 Å². The summed E-state index contributed by atoms with van der Waals surface area (Å²) in [7, 11) is 0. The zero-order valence-corrected chi connectivity index (χ0v) is 13.3. The molecule has 0 atom stereocenters. The number of hydrogen-bond donors (Lipinski definition) is 1. The zero-order valence-electron chi connectivity index (χ0n) is 13.3. The van der Waals surface area contributed by atoms with Crippen LogP contribution in [0.5, 0.6) is 0 Å². The first-order valence-electron chi connectivity index (χ1n) is 7.99. The number of amides is 2. The van der Waals surface area contributed by atoms with Crippen molar-refractivity contribution in [3.63, 3.8) is 0 Å². The maximum atomic E-state index is 12.1. The van der Waals surface area contributed by atoms with Crippen LogP contribution < -0.4 is 5.32 Å². The van der Waals surface area contributed by atoms with Crippen LogP contribution in [0.1, 0.15) is 18.9 Å². The van der Waals surface area contributed by atoms with E-state index < -0.39 is 0 Å². The first-order valence-corrected chi connectivity index (χ1v) is 7.99. The second-order valence-electron chi connectivity index (χ2n) is 5.58. The highest BCUT2D eigenvalue weighted by molar-refractivity contribution is 5.96. The van der Waals surface area contributed by atoms with Gasteiger partial charge in [-0.1, -0.05) is 37.3 Å².